The predicted octanol–water partition coefficient (Wildman–Crippen LogP) is 2.03. The Hall–Kier alpha value is -0.420. The SMILES string of the molecule is CCCNC(c1cccs1)C1CN(C)CCN1C. The quantitative estimate of drug-likeness (QED) is 0.881. The van der Waals surface area contributed by atoms with E-state index in [4.69, 9.17) is 0 Å². The molecule has 4 heteroatoms. The molecule has 1 fully saturated rings. The monoisotopic (exact) mass is 267 g/mol. The summed E-state index contributed by atoms with van der Waals surface area (Å²) in [6, 6.07) is 5.47. The van der Waals surface area contributed by atoms with Crippen LogP contribution in [-0.2, 0) is 0 Å². The second kappa shape index (κ2) is 6.66. The van der Waals surface area contributed by atoms with E-state index in [0.717, 1.165) is 19.6 Å². The third kappa shape index (κ3) is 3.32. The van der Waals surface area contributed by atoms with Crippen molar-refractivity contribution in [1.29, 1.82) is 0 Å². The zero-order valence-electron chi connectivity index (χ0n) is 11.7. The van der Waals surface area contributed by atoms with E-state index < -0.39 is 0 Å². The van der Waals surface area contributed by atoms with Gasteiger partial charge in [0.25, 0.3) is 0 Å². The van der Waals surface area contributed by atoms with E-state index in [2.05, 4.69) is 53.6 Å². The molecule has 2 heterocycles. The van der Waals surface area contributed by atoms with Gasteiger partial charge in [-0.3, -0.25) is 4.90 Å². The number of hydrogen-bond acceptors (Lipinski definition) is 4. The Labute approximate surface area is 115 Å². The third-order valence-electron chi connectivity index (χ3n) is 3.75. The molecule has 18 heavy (non-hydrogen) atoms. The fourth-order valence-electron chi connectivity index (χ4n) is 2.60. The van der Waals surface area contributed by atoms with Crippen molar-refractivity contribution in [3.05, 3.63) is 22.4 Å². The molecule has 1 aliphatic rings. The molecule has 0 amide bonds. The lowest BCUT2D eigenvalue weighted by atomic mass is 10.0. The summed E-state index contributed by atoms with van der Waals surface area (Å²) in [5.41, 5.74) is 0. The average molecular weight is 267 g/mol. The van der Waals surface area contributed by atoms with E-state index in [1.807, 2.05) is 11.3 Å². The molecule has 1 aromatic rings. The summed E-state index contributed by atoms with van der Waals surface area (Å²) in [6.07, 6.45) is 1.19. The summed E-state index contributed by atoms with van der Waals surface area (Å²) in [4.78, 5) is 6.42. The van der Waals surface area contributed by atoms with Gasteiger partial charge in [0.2, 0.25) is 0 Å². The molecule has 3 nitrogen and oxygen atoms in total. The van der Waals surface area contributed by atoms with Gasteiger partial charge < -0.3 is 10.2 Å². The van der Waals surface area contributed by atoms with Gasteiger partial charge >= 0.3 is 0 Å². The Balaban J connectivity index is 2.11. The van der Waals surface area contributed by atoms with Gasteiger partial charge in [-0.05, 0) is 38.5 Å². The lowest BCUT2D eigenvalue weighted by Gasteiger charge is -2.42. The standard InChI is InChI=1S/C14H25N3S/c1-4-7-15-14(13-6-5-10-18-13)12-11-16(2)8-9-17(12)3/h5-6,10,12,14-15H,4,7-9,11H2,1-3H3. The largest absolute Gasteiger partial charge is 0.308 e. The number of piperazine rings is 1. The molecule has 102 valence electrons. The van der Waals surface area contributed by atoms with Crippen LogP contribution in [0.2, 0.25) is 0 Å². The van der Waals surface area contributed by atoms with Crippen molar-refractivity contribution >= 4 is 11.3 Å². The maximum Gasteiger partial charge on any atom is 0.0585 e. The molecule has 0 aliphatic carbocycles. The average Bonchev–Trinajstić information content (AvgIpc) is 2.88. The van der Waals surface area contributed by atoms with Crippen LogP contribution < -0.4 is 5.32 Å². The Bertz CT molecular complexity index is 339. The van der Waals surface area contributed by atoms with Crippen LogP contribution in [0.3, 0.4) is 0 Å². The Morgan fingerprint density at radius 1 is 1.44 bits per heavy atom. The molecule has 0 bridgehead atoms. The van der Waals surface area contributed by atoms with Crippen LogP contribution in [0.1, 0.15) is 24.3 Å². The summed E-state index contributed by atoms with van der Waals surface area (Å²) < 4.78 is 0. The number of hydrogen-bond donors (Lipinski definition) is 1. The van der Waals surface area contributed by atoms with Gasteiger partial charge in [0, 0.05) is 30.6 Å². The molecule has 1 aromatic heterocycles. The van der Waals surface area contributed by atoms with Crippen LogP contribution in [0.25, 0.3) is 0 Å². The summed E-state index contributed by atoms with van der Waals surface area (Å²) in [7, 11) is 4.48. The molecule has 1 saturated heterocycles. The lowest BCUT2D eigenvalue weighted by molar-refractivity contribution is 0.0885. The predicted molar refractivity (Wildman–Crippen MR) is 79.3 cm³/mol. The highest BCUT2D eigenvalue weighted by atomic mass is 32.1. The van der Waals surface area contributed by atoms with E-state index in [1.54, 1.807) is 0 Å². The first-order valence-electron chi connectivity index (χ1n) is 6.88. The topological polar surface area (TPSA) is 18.5 Å². The van der Waals surface area contributed by atoms with Crippen LogP contribution in [0.15, 0.2) is 17.5 Å². The van der Waals surface area contributed by atoms with Crippen molar-refractivity contribution in [2.45, 2.75) is 25.4 Å². The van der Waals surface area contributed by atoms with Gasteiger partial charge in [-0.25, -0.2) is 0 Å². The van der Waals surface area contributed by atoms with Gasteiger partial charge in [0.05, 0.1) is 6.04 Å². The van der Waals surface area contributed by atoms with Crippen LogP contribution in [-0.4, -0.2) is 56.1 Å². The van der Waals surface area contributed by atoms with Crippen molar-refractivity contribution < 1.29 is 0 Å². The summed E-state index contributed by atoms with van der Waals surface area (Å²) in [6.45, 7) is 6.82. The molecule has 0 radical (unpaired) electrons. The molecule has 0 aromatic carbocycles. The van der Waals surface area contributed by atoms with Gasteiger partial charge in [-0.2, -0.15) is 0 Å². The van der Waals surface area contributed by atoms with Crippen LogP contribution in [0.4, 0.5) is 0 Å². The number of rotatable bonds is 5. The van der Waals surface area contributed by atoms with Crippen LogP contribution in [0, 0.1) is 0 Å². The summed E-state index contributed by atoms with van der Waals surface area (Å²) in [5, 5.41) is 5.92. The van der Waals surface area contributed by atoms with Crippen molar-refractivity contribution in [2.75, 3.05) is 40.3 Å². The van der Waals surface area contributed by atoms with E-state index >= 15 is 0 Å². The number of nitrogens with one attached hydrogen (secondary N) is 1. The van der Waals surface area contributed by atoms with Crippen LogP contribution in [0.5, 0.6) is 0 Å². The Morgan fingerprint density at radius 3 is 2.94 bits per heavy atom. The molecule has 0 spiro atoms. The van der Waals surface area contributed by atoms with Crippen molar-refractivity contribution in [3.63, 3.8) is 0 Å². The minimum atomic E-state index is 0.470. The van der Waals surface area contributed by atoms with Gasteiger partial charge in [0.1, 0.15) is 0 Å². The second-order valence-electron chi connectivity index (χ2n) is 5.26. The maximum absolute atomic E-state index is 3.73. The third-order valence-corrected chi connectivity index (χ3v) is 4.70. The zero-order valence-corrected chi connectivity index (χ0v) is 12.5. The fraction of sp³-hybridized carbons (Fsp3) is 0.714. The number of likely N-dealkylation sites (N-methyl/N-ethyl adjacent to an activating group) is 2. The van der Waals surface area contributed by atoms with Crippen LogP contribution >= 0.6 is 11.3 Å². The van der Waals surface area contributed by atoms with E-state index in [1.165, 1.54) is 17.8 Å². The van der Waals surface area contributed by atoms with Gasteiger partial charge in [-0.15, -0.1) is 11.3 Å². The van der Waals surface area contributed by atoms with E-state index in [-0.39, 0.29) is 0 Å². The molecular weight excluding hydrogens is 242 g/mol. The molecular formula is C14H25N3S. The summed E-state index contributed by atoms with van der Waals surface area (Å²) >= 11 is 1.87. The molecule has 1 aliphatic heterocycles. The highest BCUT2D eigenvalue weighted by molar-refractivity contribution is 7.10. The first-order chi connectivity index (χ1) is 8.72. The zero-order chi connectivity index (χ0) is 13.0. The van der Waals surface area contributed by atoms with E-state index in [0.29, 0.717) is 12.1 Å². The maximum atomic E-state index is 3.73. The molecule has 1 N–H and O–H groups in total. The number of thiophene rings is 1. The minimum absolute atomic E-state index is 0.470. The van der Waals surface area contributed by atoms with Gasteiger partial charge in [-0.1, -0.05) is 13.0 Å². The molecule has 0 saturated carbocycles. The fourth-order valence-corrected chi connectivity index (χ4v) is 3.46. The molecule has 2 unspecified atom stereocenters. The van der Waals surface area contributed by atoms with Crippen molar-refractivity contribution in [2.24, 2.45) is 0 Å². The van der Waals surface area contributed by atoms with Crippen molar-refractivity contribution in [1.82, 2.24) is 15.1 Å². The molecule has 2 rings (SSSR count). The lowest BCUT2D eigenvalue weighted by Crippen LogP contribution is -2.55. The first-order valence-corrected chi connectivity index (χ1v) is 7.76. The summed E-state index contributed by atoms with van der Waals surface area (Å²) in [5.74, 6) is 0. The molecule has 2 atom stereocenters. The Kier molecular flexibility index (Phi) is 5.18. The first kappa shape index (κ1) is 14.0. The smallest absolute Gasteiger partial charge is 0.0585 e. The number of nitrogens with zero attached hydrogens (tertiary/aromatic N) is 2. The minimum Gasteiger partial charge on any atom is -0.308 e. The van der Waals surface area contributed by atoms with Crippen molar-refractivity contribution in [3.8, 4) is 0 Å². The highest BCUT2D eigenvalue weighted by Crippen LogP contribution is 2.26. The van der Waals surface area contributed by atoms with E-state index in [9.17, 15) is 0 Å². The second-order valence-corrected chi connectivity index (χ2v) is 6.24. The van der Waals surface area contributed by atoms with Gasteiger partial charge in [0.15, 0.2) is 0 Å². The normalized spacial score (nSPS) is 24.3. The highest BCUT2D eigenvalue weighted by Gasteiger charge is 2.30. The Morgan fingerprint density at radius 2 is 2.28 bits per heavy atom.